The van der Waals surface area contributed by atoms with Gasteiger partial charge in [-0.2, -0.15) is 0 Å². The van der Waals surface area contributed by atoms with Crippen LogP contribution in [0.3, 0.4) is 0 Å². The molecule has 16 heavy (non-hydrogen) atoms. The molecule has 0 fully saturated rings. The maximum atomic E-state index is 11.2. The van der Waals surface area contributed by atoms with E-state index in [0.717, 1.165) is 10.8 Å². The number of benzene rings is 2. The van der Waals surface area contributed by atoms with E-state index >= 15 is 0 Å². The van der Waals surface area contributed by atoms with Gasteiger partial charge in [0.25, 0.3) is 0 Å². The lowest BCUT2D eigenvalue weighted by atomic mass is 10.1. The van der Waals surface area contributed by atoms with Gasteiger partial charge >= 0.3 is 0 Å². The fourth-order valence-corrected chi connectivity index (χ4v) is 1.68. The third-order valence-corrected chi connectivity index (χ3v) is 2.65. The van der Waals surface area contributed by atoms with Crippen LogP contribution in [0.1, 0.15) is 0 Å². The van der Waals surface area contributed by atoms with E-state index in [1.54, 1.807) is 26.2 Å². The van der Waals surface area contributed by atoms with Gasteiger partial charge < -0.3 is 20.5 Å². The molecular formula is C12H14N2O2. The number of hydrogen-bond acceptors (Lipinski definition) is 2. The highest BCUT2D eigenvalue weighted by molar-refractivity contribution is 5.86. The van der Waals surface area contributed by atoms with Crippen LogP contribution >= 0.6 is 0 Å². The summed E-state index contributed by atoms with van der Waals surface area (Å²) in [6, 6.07) is 11.0. The van der Waals surface area contributed by atoms with Crippen LogP contribution in [0.5, 0.6) is 0 Å². The molecule has 0 spiro atoms. The monoisotopic (exact) mass is 218 g/mol. The minimum atomic E-state index is 0.0533. The molecule has 0 radical (unpaired) electrons. The van der Waals surface area contributed by atoms with Crippen LogP contribution in [0.15, 0.2) is 36.4 Å². The third-order valence-electron chi connectivity index (χ3n) is 2.65. The van der Waals surface area contributed by atoms with Crippen LogP contribution in [0, 0.1) is 10.4 Å². The zero-order valence-electron chi connectivity index (χ0n) is 9.28. The molecule has 0 heterocycles. The Kier molecular flexibility index (Phi) is 2.89. The molecule has 84 valence electrons. The lowest BCUT2D eigenvalue weighted by Gasteiger charge is -2.17. The van der Waals surface area contributed by atoms with Crippen molar-refractivity contribution in [3.8, 4) is 0 Å². The molecule has 0 aliphatic carbocycles. The van der Waals surface area contributed by atoms with Crippen molar-refractivity contribution in [2.24, 2.45) is 0 Å². The van der Waals surface area contributed by atoms with Gasteiger partial charge in [-0.3, -0.25) is 0 Å². The van der Waals surface area contributed by atoms with E-state index in [9.17, 15) is 10.4 Å². The number of hydrogen-bond donors (Lipinski definition) is 2. The molecule has 0 amide bonds. The topological polar surface area (TPSA) is 55.0 Å². The molecule has 2 rings (SSSR count). The fourth-order valence-electron chi connectivity index (χ4n) is 1.68. The van der Waals surface area contributed by atoms with Gasteiger partial charge in [0.2, 0.25) is 0 Å². The van der Waals surface area contributed by atoms with Gasteiger partial charge in [-0.25, -0.2) is 0 Å². The van der Waals surface area contributed by atoms with E-state index in [2.05, 4.69) is 0 Å². The Labute approximate surface area is 93.9 Å². The van der Waals surface area contributed by atoms with Crippen LogP contribution in [0.2, 0.25) is 0 Å². The Morgan fingerprint density at radius 1 is 0.750 bits per heavy atom. The van der Waals surface area contributed by atoms with Gasteiger partial charge in [0.15, 0.2) is 0 Å². The van der Waals surface area contributed by atoms with Gasteiger partial charge in [-0.15, -0.1) is 0 Å². The lowest BCUT2D eigenvalue weighted by molar-refractivity contribution is -0.751. The number of fused-ring (bicyclic) bond motifs is 1. The number of rotatable bonds is 2. The smallest absolute Gasteiger partial charge is 0.131 e. The zero-order chi connectivity index (χ0) is 11.7. The summed E-state index contributed by atoms with van der Waals surface area (Å²) in [6.07, 6.45) is 0. The normalized spacial score (nSPS) is 15.0. The Morgan fingerprint density at radius 3 is 1.44 bits per heavy atom. The predicted molar refractivity (Wildman–Crippen MR) is 63.8 cm³/mol. The van der Waals surface area contributed by atoms with E-state index in [1.807, 2.05) is 24.3 Å². The molecule has 2 aromatic rings. The van der Waals surface area contributed by atoms with Crippen molar-refractivity contribution in [2.45, 2.75) is 0 Å². The van der Waals surface area contributed by atoms with Gasteiger partial charge in [0, 0.05) is 12.1 Å². The molecule has 0 aromatic heterocycles. The van der Waals surface area contributed by atoms with Crippen molar-refractivity contribution in [1.82, 2.24) is 0 Å². The molecule has 2 unspecified atom stereocenters. The Balaban J connectivity index is 2.53. The maximum absolute atomic E-state index is 11.2. The minimum Gasteiger partial charge on any atom is -0.629 e. The van der Waals surface area contributed by atoms with Crippen molar-refractivity contribution in [2.75, 3.05) is 14.1 Å². The molecule has 0 saturated heterocycles. The van der Waals surface area contributed by atoms with Crippen LogP contribution in [-0.2, 0) is 0 Å². The van der Waals surface area contributed by atoms with Crippen LogP contribution in [0.4, 0.5) is 11.4 Å². The highest BCUT2D eigenvalue weighted by Gasteiger charge is 2.03. The minimum absolute atomic E-state index is 0.0533. The van der Waals surface area contributed by atoms with Crippen molar-refractivity contribution in [3.05, 3.63) is 46.8 Å². The van der Waals surface area contributed by atoms with Crippen molar-refractivity contribution < 1.29 is 10.1 Å². The Morgan fingerprint density at radius 2 is 1.12 bits per heavy atom. The molecular weight excluding hydrogens is 204 g/mol. The number of hydroxylamine groups is 2. The summed E-state index contributed by atoms with van der Waals surface area (Å²) in [5, 5.41) is 24.5. The molecule has 0 bridgehead atoms. The second-order valence-electron chi connectivity index (χ2n) is 3.89. The number of nitrogens with one attached hydrogen (secondary N) is 2. The zero-order valence-corrected chi connectivity index (χ0v) is 9.28. The van der Waals surface area contributed by atoms with E-state index in [4.69, 9.17) is 0 Å². The van der Waals surface area contributed by atoms with E-state index in [0.29, 0.717) is 11.4 Å². The molecule has 4 nitrogen and oxygen atoms in total. The van der Waals surface area contributed by atoms with E-state index < -0.39 is 0 Å². The average molecular weight is 218 g/mol. The van der Waals surface area contributed by atoms with Crippen LogP contribution < -0.4 is 10.1 Å². The Hall–Kier alpha value is -1.46. The molecule has 4 heteroatoms. The second-order valence-corrected chi connectivity index (χ2v) is 3.89. The standard InChI is InChI=1S/C12H14N2O2/c1-13(15)11-5-3-10-8-12(14(2)16)6-4-9(10)7-11/h3-8,13-14H,1-2H3. The summed E-state index contributed by atoms with van der Waals surface area (Å²) in [5.41, 5.74) is 1.39. The molecule has 0 aliphatic heterocycles. The first-order valence-electron chi connectivity index (χ1n) is 5.13. The quantitative estimate of drug-likeness (QED) is 0.704. The molecule has 0 saturated carbocycles. The summed E-state index contributed by atoms with van der Waals surface area (Å²) in [7, 11) is 3.09. The van der Waals surface area contributed by atoms with Crippen molar-refractivity contribution >= 4 is 22.1 Å². The number of quaternary nitrogens is 2. The van der Waals surface area contributed by atoms with Crippen molar-refractivity contribution in [3.63, 3.8) is 0 Å². The van der Waals surface area contributed by atoms with Gasteiger partial charge in [-0.1, -0.05) is 0 Å². The molecule has 2 aromatic carbocycles. The summed E-state index contributed by atoms with van der Waals surface area (Å²) in [5.74, 6) is 0. The maximum Gasteiger partial charge on any atom is 0.131 e. The first-order chi connectivity index (χ1) is 7.58. The molecule has 2 N–H and O–H groups in total. The largest absolute Gasteiger partial charge is 0.629 e. The third kappa shape index (κ3) is 2.05. The second kappa shape index (κ2) is 4.19. The fraction of sp³-hybridized carbons (Fsp3) is 0.167. The lowest BCUT2D eigenvalue weighted by Crippen LogP contribution is -2.98. The highest BCUT2D eigenvalue weighted by atomic mass is 16.5. The SMILES string of the molecule is C[NH+]([O-])c1ccc2cc([NH+](C)[O-])ccc2c1. The first kappa shape index (κ1) is 11.0. The van der Waals surface area contributed by atoms with Gasteiger partial charge in [-0.05, 0) is 35.0 Å². The molecule has 0 aliphatic rings. The summed E-state index contributed by atoms with van der Waals surface area (Å²) in [4.78, 5) is 0. The van der Waals surface area contributed by atoms with Gasteiger partial charge in [0.1, 0.15) is 11.4 Å². The van der Waals surface area contributed by atoms with Crippen LogP contribution in [0.25, 0.3) is 10.8 Å². The van der Waals surface area contributed by atoms with E-state index in [-0.39, 0.29) is 10.1 Å². The molecule has 2 atom stereocenters. The Bertz CT molecular complexity index is 462. The van der Waals surface area contributed by atoms with Gasteiger partial charge in [0.05, 0.1) is 14.1 Å². The summed E-state index contributed by atoms with van der Waals surface area (Å²) >= 11 is 0. The predicted octanol–water partition coefficient (Wildman–Crippen LogP) is 0.128. The average Bonchev–Trinajstić information content (AvgIpc) is 2.27. The summed E-state index contributed by atoms with van der Waals surface area (Å²) in [6.45, 7) is 0. The van der Waals surface area contributed by atoms with Crippen molar-refractivity contribution in [1.29, 1.82) is 0 Å². The van der Waals surface area contributed by atoms with Crippen LogP contribution in [-0.4, -0.2) is 14.1 Å². The first-order valence-corrected chi connectivity index (χ1v) is 5.13. The highest BCUT2D eigenvalue weighted by Crippen LogP contribution is 2.19. The van der Waals surface area contributed by atoms with E-state index in [1.165, 1.54) is 0 Å². The summed E-state index contributed by atoms with van der Waals surface area (Å²) < 4.78 is 0.